The molecule has 0 aromatic carbocycles. The molecule has 2 heterocycles. The molecule has 1 aliphatic carbocycles. The number of quaternary nitrogens is 1. The third-order valence-electron chi connectivity index (χ3n) is 4.39. The highest BCUT2D eigenvalue weighted by Crippen LogP contribution is 2.42. The summed E-state index contributed by atoms with van der Waals surface area (Å²) in [5.41, 5.74) is -0.615. The Morgan fingerprint density at radius 2 is 2.00 bits per heavy atom. The maximum absolute atomic E-state index is 12.3. The first-order valence-electron chi connectivity index (χ1n) is 6.59. The van der Waals surface area contributed by atoms with Crippen LogP contribution in [-0.4, -0.2) is 42.1 Å². The van der Waals surface area contributed by atoms with Gasteiger partial charge in [0.1, 0.15) is 5.54 Å². The van der Waals surface area contributed by atoms with Crippen molar-refractivity contribution in [3.05, 3.63) is 0 Å². The Kier molecular flexibility index (Phi) is 2.40. The van der Waals surface area contributed by atoms with E-state index in [0.29, 0.717) is 12.6 Å². The van der Waals surface area contributed by atoms with Crippen LogP contribution in [0.4, 0.5) is 4.79 Å². The Bertz CT molecular complexity index is 361. The second kappa shape index (κ2) is 3.70. The normalized spacial score (nSPS) is 34.5. The number of likely N-dealkylation sites (tertiary alicyclic amines) is 1. The lowest BCUT2D eigenvalue weighted by Gasteiger charge is -2.22. The van der Waals surface area contributed by atoms with E-state index in [2.05, 4.69) is 5.32 Å². The lowest BCUT2D eigenvalue weighted by Crippen LogP contribution is -3.11. The van der Waals surface area contributed by atoms with Gasteiger partial charge in [0.25, 0.3) is 5.91 Å². The number of rotatable bonds is 3. The first kappa shape index (κ1) is 11.0. The van der Waals surface area contributed by atoms with Gasteiger partial charge in [-0.05, 0) is 25.7 Å². The monoisotopic (exact) mass is 238 g/mol. The van der Waals surface area contributed by atoms with Crippen molar-refractivity contribution in [2.24, 2.45) is 5.92 Å². The summed E-state index contributed by atoms with van der Waals surface area (Å²) < 4.78 is 0. The highest BCUT2D eigenvalue weighted by molar-refractivity contribution is 6.07. The van der Waals surface area contributed by atoms with Crippen molar-refractivity contribution in [1.29, 1.82) is 0 Å². The summed E-state index contributed by atoms with van der Waals surface area (Å²) in [6.45, 7) is 4.59. The molecule has 94 valence electrons. The average molecular weight is 238 g/mol. The number of urea groups is 1. The zero-order valence-corrected chi connectivity index (χ0v) is 10.3. The molecule has 3 amide bonds. The summed E-state index contributed by atoms with van der Waals surface area (Å²) in [6.07, 6.45) is 4.54. The zero-order chi connectivity index (χ0) is 12.0. The number of amides is 3. The van der Waals surface area contributed by atoms with Gasteiger partial charge in [0.05, 0.1) is 13.1 Å². The Labute approximate surface area is 101 Å². The van der Waals surface area contributed by atoms with Gasteiger partial charge in [0.15, 0.2) is 6.67 Å². The van der Waals surface area contributed by atoms with E-state index < -0.39 is 5.54 Å². The van der Waals surface area contributed by atoms with Gasteiger partial charge in [-0.15, -0.1) is 0 Å². The first-order valence-corrected chi connectivity index (χ1v) is 6.59. The van der Waals surface area contributed by atoms with Crippen molar-refractivity contribution in [2.75, 3.05) is 19.8 Å². The molecule has 3 fully saturated rings. The van der Waals surface area contributed by atoms with Crippen molar-refractivity contribution in [1.82, 2.24) is 10.2 Å². The maximum atomic E-state index is 12.3. The molecular weight excluding hydrogens is 218 g/mol. The van der Waals surface area contributed by atoms with Crippen LogP contribution in [0.2, 0.25) is 0 Å². The lowest BCUT2D eigenvalue weighted by molar-refractivity contribution is -0.894. The van der Waals surface area contributed by atoms with Crippen LogP contribution in [-0.2, 0) is 4.79 Å². The van der Waals surface area contributed by atoms with E-state index in [-0.39, 0.29) is 11.9 Å². The predicted octanol–water partition coefficient (Wildman–Crippen LogP) is -0.657. The van der Waals surface area contributed by atoms with E-state index in [1.54, 1.807) is 0 Å². The molecule has 5 heteroatoms. The summed E-state index contributed by atoms with van der Waals surface area (Å²) in [4.78, 5) is 27.0. The summed E-state index contributed by atoms with van der Waals surface area (Å²) in [7, 11) is 0. The standard InChI is InChI=1S/C12H19N3O2/c1-12(9-4-5-9)10(16)15(11(17)13-12)8-14-6-2-3-7-14/h9H,2-8H2,1H3,(H,13,17)/p+1/t12-/m0/s1. The van der Waals surface area contributed by atoms with Crippen LogP contribution in [0.1, 0.15) is 32.6 Å². The van der Waals surface area contributed by atoms with Crippen LogP contribution in [0.5, 0.6) is 0 Å². The highest BCUT2D eigenvalue weighted by atomic mass is 16.2. The molecule has 3 aliphatic rings. The van der Waals surface area contributed by atoms with Crippen LogP contribution in [0.15, 0.2) is 0 Å². The molecular formula is C12H20N3O2+. The summed E-state index contributed by atoms with van der Waals surface area (Å²) in [5, 5.41) is 2.89. The van der Waals surface area contributed by atoms with Gasteiger partial charge in [-0.2, -0.15) is 0 Å². The van der Waals surface area contributed by atoms with Gasteiger partial charge in [-0.3, -0.25) is 4.79 Å². The van der Waals surface area contributed by atoms with Crippen molar-refractivity contribution in [3.8, 4) is 0 Å². The summed E-state index contributed by atoms with van der Waals surface area (Å²) in [5.74, 6) is 0.349. The second-order valence-electron chi connectivity index (χ2n) is 5.76. The van der Waals surface area contributed by atoms with Gasteiger partial charge in [-0.1, -0.05) is 0 Å². The van der Waals surface area contributed by atoms with E-state index >= 15 is 0 Å². The number of carbonyl (C=O) groups is 2. The van der Waals surface area contributed by atoms with Crippen molar-refractivity contribution in [3.63, 3.8) is 0 Å². The molecule has 17 heavy (non-hydrogen) atoms. The number of nitrogens with one attached hydrogen (secondary N) is 2. The molecule has 0 unspecified atom stereocenters. The molecule has 3 rings (SSSR count). The molecule has 2 aliphatic heterocycles. The molecule has 2 saturated heterocycles. The molecule has 0 aromatic heterocycles. The van der Waals surface area contributed by atoms with Crippen molar-refractivity contribution >= 4 is 11.9 Å². The maximum Gasteiger partial charge on any atom is 0.329 e. The smallest absolute Gasteiger partial charge is 0.323 e. The van der Waals surface area contributed by atoms with Gasteiger partial charge in [0, 0.05) is 12.8 Å². The molecule has 0 radical (unpaired) electrons. The van der Waals surface area contributed by atoms with Crippen LogP contribution < -0.4 is 10.2 Å². The van der Waals surface area contributed by atoms with Crippen molar-refractivity contribution in [2.45, 2.75) is 38.1 Å². The van der Waals surface area contributed by atoms with E-state index in [1.165, 1.54) is 22.6 Å². The minimum absolute atomic E-state index is 0.00981. The van der Waals surface area contributed by atoms with Gasteiger partial charge < -0.3 is 10.2 Å². The first-order chi connectivity index (χ1) is 8.11. The molecule has 0 bridgehead atoms. The van der Waals surface area contributed by atoms with Crippen molar-refractivity contribution < 1.29 is 14.5 Å². The molecule has 0 spiro atoms. The van der Waals surface area contributed by atoms with Gasteiger partial charge in [0.2, 0.25) is 0 Å². The minimum atomic E-state index is -0.615. The highest BCUT2D eigenvalue weighted by Gasteiger charge is 2.56. The Balaban J connectivity index is 1.72. The number of carbonyl (C=O) groups excluding carboxylic acids is 2. The average Bonchev–Trinajstić information content (AvgIpc) is 2.99. The van der Waals surface area contributed by atoms with Crippen LogP contribution >= 0.6 is 0 Å². The molecule has 5 nitrogen and oxygen atoms in total. The Hall–Kier alpha value is -1.10. The van der Waals surface area contributed by atoms with E-state index in [0.717, 1.165) is 25.9 Å². The number of imide groups is 1. The Morgan fingerprint density at radius 1 is 1.35 bits per heavy atom. The summed E-state index contributed by atoms with van der Waals surface area (Å²) >= 11 is 0. The number of hydrogen-bond donors (Lipinski definition) is 2. The number of hydrogen-bond acceptors (Lipinski definition) is 2. The topological polar surface area (TPSA) is 53.9 Å². The second-order valence-corrected chi connectivity index (χ2v) is 5.76. The third kappa shape index (κ3) is 1.73. The van der Waals surface area contributed by atoms with E-state index in [4.69, 9.17) is 0 Å². The van der Waals surface area contributed by atoms with Crippen LogP contribution in [0, 0.1) is 5.92 Å². The third-order valence-corrected chi connectivity index (χ3v) is 4.39. The zero-order valence-electron chi connectivity index (χ0n) is 10.3. The van der Waals surface area contributed by atoms with Crippen LogP contribution in [0.3, 0.4) is 0 Å². The largest absolute Gasteiger partial charge is 0.329 e. The molecule has 1 saturated carbocycles. The fourth-order valence-corrected chi connectivity index (χ4v) is 3.05. The van der Waals surface area contributed by atoms with E-state index in [1.807, 2.05) is 6.92 Å². The fourth-order valence-electron chi connectivity index (χ4n) is 3.05. The SMILES string of the molecule is C[C@@]1(C2CC2)NC(=O)N(C[NH+]2CCCC2)C1=O. The summed E-state index contributed by atoms with van der Waals surface area (Å²) in [6, 6.07) is -0.191. The predicted molar refractivity (Wildman–Crippen MR) is 61.3 cm³/mol. The Morgan fingerprint density at radius 3 is 2.59 bits per heavy atom. The van der Waals surface area contributed by atoms with Gasteiger partial charge in [-0.25, -0.2) is 9.69 Å². The molecule has 1 atom stereocenters. The fraction of sp³-hybridized carbons (Fsp3) is 0.833. The van der Waals surface area contributed by atoms with Crippen LogP contribution in [0.25, 0.3) is 0 Å². The van der Waals surface area contributed by atoms with E-state index in [9.17, 15) is 9.59 Å². The lowest BCUT2D eigenvalue weighted by atomic mass is 9.96. The molecule has 2 N–H and O–H groups in total. The molecule has 0 aromatic rings. The number of nitrogens with zero attached hydrogens (tertiary/aromatic N) is 1. The minimum Gasteiger partial charge on any atom is -0.323 e. The quantitative estimate of drug-likeness (QED) is 0.642. The van der Waals surface area contributed by atoms with Gasteiger partial charge >= 0.3 is 6.03 Å².